The molecule has 1 N–H and O–H groups in total. The van der Waals surface area contributed by atoms with Gasteiger partial charge < -0.3 is 15.0 Å². The number of anilines is 1. The standard InChI is InChI=1S/C14H19N3O3/c1-2-20-13-5-3-4-11(14(13)17(18)19)16-7-6-10-8-15-9-12(10)16/h3-5,10,12,15H,2,6-9H2,1H3/t10-,12+/m0/s1. The summed E-state index contributed by atoms with van der Waals surface area (Å²) in [5, 5.41) is 14.8. The summed E-state index contributed by atoms with van der Waals surface area (Å²) in [5.74, 6) is 0.967. The Labute approximate surface area is 117 Å². The third-order valence-electron chi connectivity index (χ3n) is 4.21. The van der Waals surface area contributed by atoms with Gasteiger partial charge in [0.05, 0.1) is 11.5 Å². The predicted octanol–water partition coefficient (Wildman–Crippen LogP) is 1.79. The number of ether oxygens (including phenoxy) is 1. The van der Waals surface area contributed by atoms with E-state index in [2.05, 4.69) is 10.2 Å². The van der Waals surface area contributed by atoms with E-state index in [0.717, 1.165) is 26.1 Å². The Kier molecular flexibility index (Phi) is 3.48. The highest BCUT2D eigenvalue weighted by Gasteiger charge is 2.40. The van der Waals surface area contributed by atoms with E-state index in [1.807, 2.05) is 19.1 Å². The molecule has 2 fully saturated rings. The number of fused-ring (bicyclic) bond motifs is 1. The summed E-state index contributed by atoms with van der Waals surface area (Å²) in [4.78, 5) is 13.3. The van der Waals surface area contributed by atoms with Gasteiger partial charge in [0.1, 0.15) is 5.69 Å². The lowest BCUT2D eigenvalue weighted by Crippen LogP contribution is -2.34. The lowest BCUT2D eigenvalue weighted by molar-refractivity contribution is -0.385. The third-order valence-corrected chi connectivity index (χ3v) is 4.21. The molecule has 2 aliphatic rings. The molecule has 1 aromatic rings. The second kappa shape index (κ2) is 5.28. The SMILES string of the molecule is CCOc1cccc(N2CC[C@H]3CNC[C@H]32)c1[N+](=O)[O-]. The van der Waals surface area contributed by atoms with E-state index >= 15 is 0 Å². The lowest BCUT2D eigenvalue weighted by atomic mass is 10.0. The van der Waals surface area contributed by atoms with Gasteiger partial charge in [-0.2, -0.15) is 0 Å². The first-order valence-electron chi connectivity index (χ1n) is 7.10. The van der Waals surface area contributed by atoms with Crippen molar-refractivity contribution in [2.45, 2.75) is 19.4 Å². The van der Waals surface area contributed by atoms with Crippen LogP contribution < -0.4 is 15.0 Å². The van der Waals surface area contributed by atoms with E-state index < -0.39 is 0 Å². The van der Waals surface area contributed by atoms with E-state index in [0.29, 0.717) is 30.0 Å². The predicted molar refractivity (Wildman–Crippen MR) is 76.4 cm³/mol. The summed E-state index contributed by atoms with van der Waals surface area (Å²) in [6, 6.07) is 5.71. The monoisotopic (exact) mass is 277 g/mol. The minimum Gasteiger partial charge on any atom is -0.487 e. The summed E-state index contributed by atoms with van der Waals surface area (Å²) in [5.41, 5.74) is 0.791. The van der Waals surface area contributed by atoms with Crippen molar-refractivity contribution >= 4 is 11.4 Å². The second-order valence-corrected chi connectivity index (χ2v) is 5.28. The van der Waals surface area contributed by atoms with Crippen molar-refractivity contribution < 1.29 is 9.66 Å². The fourth-order valence-electron chi connectivity index (χ4n) is 3.35. The number of nitrogens with zero attached hydrogens (tertiary/aromatic N) is 2. The van der Waals surface area contributed by atoms with Gasteiger partial charge in [-0.05, 0) is 31.4 Å². The highest BCUT2D eigenvalue weighted by atomic mass is 16.6. The molecule has 108 valence electrons. The fraction of sp³-hybridized carbons (Fsp3) is 0.571. The summed E-state index contributed by atoms with van der Waals surface area (Å²) < 4.78 is 5.43. The molecule has 0 radical (unpaired) electrons. The molecule has 0 unspecified atom stereocenters. The van der Waals surface area contributed by atoms with Gasteiger partial charge in [0.15, 0.2) is 5.75 Å². The Morgan fingerprint density at radius 3 is 3.10 bits per heavy atom. The molecule has 6 nitrogen and oxygen atoms in total. The number of benzene rings is 1. The number of rotatable bonds is 4. The van der Waals surface area contributed by atoms with Crippen molar-refractivity contribution in [1.82, 2.24) is 5.32 Å². The smallest absolute Gasteiger partial charge is 0.333 e. The zero-order chi connectivity index (χ0) is 14.1. The molecule has 0 aromatic heterocycles. The van der Waals surface area contributed by atoms with E-state index in [1.54, 1.807) is 6.07 Å². The van der Waals surface area contributed by atoms with Crippen LogP contribution in [0.1, 0.15) is 13.3 Å². The van der Waals surface area contributed by atoms with Gasteiger partial charge in [0.25, 0.3) is 0 Å². The van der Waals surface area contributed by atoms with Gasteiger partial charge in [-0.25, -0.2) is 0 Å². The number of nitrogens with one attached hydrogen (secondary N) is 1. The Hall–Kier alpha value is -1.82. The lowest BCUT2D eigenvalue weighted by Gasteiger charge is -2.25. The van der Waals surface area contributed by atoms with Crippen molar-refractivity contribution in [3.05, 3.63) is 28.3 Å². The van der Waals surface area contributed by atoms with E-state index in [9.17, 15) is 10.1 Å². The third kappa shape index (κ3) is 2.10. The fourth-order valence-corrected chi connectivity index (χ4v) is 3.35. The average Bonchev–Trinajstić information content (AvgIpc) is 3.00. The van der Waals surface area contributed by atoms with Crippen molar-refractivity contribution in [3.8, 4) is 5.75 Å². The first kappa shape index (κ1) is 13.2. The maximum Gasteiger partial charge on any atom is 0.333 e. The molecule has 2 heterocycles. The normalized spacial score (nSPS) is 24.8. The van der Waals surface area contributed by atoms with Crippen LogP contribution in [-0.2, 0) is 0 Å². The first-order chi connectivity index (χ1) is 9.72. The molecule has 0 amide bonds. The van der Waals surface area contributed by atoms with E-state index in [-0.39, 0.29) is 10.6 Å². The van der Waals surface area contributed by atoms with Crippen LogP contribution in [0.2, 0.25) is 0 Å². The Morgan fingerprint density at radius 2 is 2.35 bits per heavy atom. The zero-order valence-corrected chi connectivity index (χ0v) is 11.5. The number of nitro benzene ring substituents is 1. The Morgan fingerprint density at radius 1 is 1.50 bits per heavy atom. The summed E-state index contributed by atoms with van der Waals surface area (Å²) in [6.07, 6.45) is 1.09. The number of nitro groups is 1. The van der Waals surface area contributed by atoms with Crippen molar-refractivity contribution in [1.29, 1.82) is 0 Å². The van der Waals surface area contributed by atoms with Gasteiger partial charge in [-0.3, -0.25) is 10.1 Å². The second-order valence-electron chi connectivity index (χ2n) is 5.28. The molecule has 0 saturated carbocycles. The summed E-state index contributed by atoms with van der Waals surface area (Å²) >= 11 is 0. The van der Waals surface area contributed by atoms with Crippen LogP contribution in [-0.4, -0.2) is 37.2 Å². The quantitative estimate of drug-likeness (QED) is 0.671. The van der Waals surface area contributed by atoms with Crippen molar-refractivity contribution in [3.63, 3.8) is 0 Å². The van der Waals surface area contributed by atoms with Gasteiger partial charge in [0.2, 0.25) is 0 Å². The van der Waals surface area contributed by atoms with Gasteiger partial charge >= 0.3 is 5.69 Å². The van der Waals surface area contributed by atoms with Crippen molar-refractivity contribution in [2.75, 3.05) is 31.1 Å². The Balaban J connectivity index is 2.00. The maximum absolute atomic E-state index is 11.4. The van der Waals surface area contributed by atoms with Crippen LogP contribution in [0, 0.1) is 16.0 Å². The molecule has 2 saturated heterocycles. The van der Waals surface area contributed by atoms with Crippen LogP contribution in [0.15, 0.2) is 18.2 Å². The number of para-hydroxylation sites is 1. The molecule has 0 bridgehead atoms. The van der Waals surface area contributed by atoms with Crippen LogP contribution in [0.3, 0.4) is 0 Å². The molecule has 1 aromatic carbocycles. The van der Waals surface area contributed by atoms with Crippen LogP contribution in [0.25, 0.3) is 0 Å². The average molecular weight is 277 g/mol. The topological polar surface area (TPSA) is 67.6 Å². The molecule has 0 spiro atoms. The minimum atomic E-state index is -0.323. The Bertz CT molecular complexity index is 520. The minimum absolute atomic E-state index is 0.0990. The highest BCUT2D eigenvalue weighted by molar-refractivity contribution is 5.70. The number of hydrogen-bond donors (Lipinski definition) is 1. The number of hydrogen-bond acceptors (Lipinski definition) is 5. The van der Waals surface area contributed by atoms with Crippen LogP contribution >= 0.6 is 0 Å². The summed E-state index contributed by atoms with van der Waals surface area (Å²) in [7, 11) is 0. The molecular formula is C14H19N3O3. The molecule has 6 heteroatoms. The first-order valence-corrected chi connectivity index (χ1v) is 7.10. The van der Waals surface area contributed by atoms with Gasteiger partial charge in [0, 0.05) is 25.7 Å². The molecule has 3 rings (SSSR count). The van der Waals surface area contributed by atoms with Crippen LogP contribution in [0.4, 0.5) is 11.4 Å². The van der Waals surface area contributed by atoms with Gasteiger partial charge in [-0.15, -0.1) is 0 Å². The molecule has 20 heavy (non-hydrogen) atoms. The maximum atomic E-state index is 11.4. The van der Waals surface area contributed by atoms with E-state index in [4.69, 9.17) is 4.74 Å². The molecule has 2 aliphatic heterocycles. The van der Waals surface area contributed by atoms with Crippen LogP contribution in [0.5, 0.6) is 5.75 Å². The largest absolute Gasteiger partial charge is 0.487 e. The molecule has 2 atom stereocenters. The van der Waals surface area contributed by atoms with Crippen molar-refractivity contribution in [2.24, 2.45) is 5.92 Å². The molecular weight excluding hydrogens is 258 g/mol. The molecule has 0 aliphatic carbocycles. The summed E-state index contributed by atoms with van der Waals surface area (Å²) in [6.45, 7) is 5.06. The zero-order valence-electron chi connectivity index (χ0n) is 11.5. The highest BCUT2D eigenvalue weighted by Crippen LogP contribution is 2.41. The van der Waals surface area contributed by atoms with Gasteiger partial charge in [-0.1, -0.05) is 6.07 Å². The van der Waals surface area contributed by atoms with E-state index in [1.165, 1.54) is 0 Å².